The molecule has 1 fully saturated rings. The minimum Gasteiger partial charge on any atom is -0.494 e. The summed E-state index contributed by atoms with van der Waals surface area (Å²) in [4.78, 5) is 23.0. The Labute approximate surface area is 111 Å². The molecule has 0 spiro atoms. The first-order chi connectivity index (χ1) is 9.19. The number of carbonyl (C=O) groups is 2. The number of ether oxygens (including phenoxy) is 2. The molecule has 0 atom stereocenters. The van der Waals surface area contributed by atoms with E-state index in [9.17, 15) is 9.59 Å². The Morgan fingerprint density at radius 1 is 1.26 bits per heavy atom. The lowest BCUT2D eigenvalue weighted by Gasteiger charge is -2.06. The second kappa shape index (κ2) is 6.22. The van der Waals surface area contributed by atoms with E-state index >= 15 is 0 Å². The van der Waals surface area contributed by atoms with Gasteiger partial charge in [0, 0.05) is 6.04 Å². The molecule has 1 aromatic carbocycles. The molecule has 1 saturated carbocycles. The van der Waals surface area contributed by atoms with Crippen LogP contribution in [0.5, 0.6) is 5.75 Å². The van der Waals surface area contributed by atoms with E-state index in [1.807, 2.05) is 6.92 Å². The first-order valence-electron chi connectivity index (χ1n) is 6.38. The van der Waals surface area contributed by atoms with Gasteiger partial charge in [-0.15, -0.1) is 0 Å². The van der Waals surface area contributed by atoms with Gasteiger partial charge in [0.1, 0.15) is 5.75 Å². The van der Waals surface area contributed by atoms with Gasteiger partial charge in [0.25, 0.3) is 5.91 Å². The molecule has 0 aromatic heterocycles. The molecule has 0 radical (unpaired) electrons. The maximum Gasteiger partial charge on any atom is 0.338 e. The Bertz CT molecular complexity index is 451. The summed E-state index contributed by atoms with van der Waals surface area (Å²) in [7, 11) is 0. The van der Waals surface area contributed by atoms with E-state index in [1.165, 1.54) is 0 Å². The predicted octanol–water partition coefficient (Wildman–Crippen LogP) is 1.52. The number of carbonyl (C=O) groups excluding carboxylic acids is 2. The summed E-state index contributed by atoms with van der Waals surface area (Å²) < 4.78 is 10.2. The van der Waals surface area contributed by atoms with Crippen LogP contribution in [0.1, 0.15) is 30.1 Å². The summed E-state index contributed by atoms with van der Waals surface area (Å²) in [6.45, 7) is 2.23. The van der Waals surface area contributed by atoms with E-state index in [-0.39, 0.29) is 18.6 Å². The van der Waals surface area contributed by atoms with Crippen LogP contribution in [0.15, 0.2) is 24.3 Å². The Hall–Kier alpha value is -2.04. The molecule has 5 heteroatoms. The van der Waals surface area contributed by atoms with Crippen molar-refractivity contribution in [3.63, 3.8) is 0 Å². The normalized spacial score (nSPS) is 13.7. The molecular formula is C14H17NO4. The molecule has 0 saturated heterocycles. The number of esters is 1. The molecule has 0 unspecified atom stereocenters. The molecule has 1 aliphatic carbocycles. The highest BCUT2D eigenvalue weighted by Gasteiger charge is 2.23. The SMILES string of the molecule is CCOc1ccc(C(=O)OCC(=O)NC2CC2)cc1. The van der Waals surface area contributed by atoms with E-state index in [0.29, 0.717) is 17.9 Å². The van der Waals surface area contributed by atoms with Gasteiger partial charge < -0.3 is 14.8 Å². The van der Waals surface area contributed by atoms with Crippen LogP contribution in [-0.2, 0) is 9.53 Å². The van der Waals surface area contributed by atoms with Crippen molar-refractivity contribution in [3.8, 4) is 5.75 Å². The summed E-state index contributed by atoms with van der Waals surface area (Å²) in [6, 6.07) is 6.91. The van der Waals surface area contributed by atoms with Crippen molar-refractivity contribution in [2.45, 2.75) is 25.8 Å². The monoisotopic (exact) mass is 263 g/mol. The summed E-state index contributed by atoms with van der Waals surface area (Å²) in [5.74, 6) is -0.0543. The largest absolute Gasteiger partial charge is 0.494 e. The number of hydrogen-bond donors (Lipinski definition) is 1. The third-order valence-electron chi connectivity index (χ3n) is 2.68. The van der Waals surface area contributed by atoms with Crippen molar-refractivity contribution in [2.24, 2.45) is 0 Å². The Kier molecular flexibility index (Phi) is 4.39. The van der Waals surface area contributed by atoms with Crippen LogP contribution in [0.4, 0.5) is 0 Å². The molecular weight excluding hydrogens is 246 g/mol. The first kappa shape index (κ1) is 13.4. The number of rotatable bonds is 6. The van der Waals surface area contributed by atoms with Gasteiger partial charge in [-0.2, -0.15) is 0 Å². The molecule has 0 heterocycles. The smallest absolute Gasteiger partial charge is 0.338 e. The Morgan fingerprint density at radius 2 is 1.95 bits per heavy atom. The molecule has 19 heavy (non-hydrogen) atoms. The Morgan fingerprint density at radius 3 is 2.53 bits per heavy atom. The Balaban J connectivity index is 1.79. The minimum absolute atomic E-state index is 0.234. The third kappa shape index (κ3) is 4.28. The second-order valence-corrected chi connectivity index (χ2v) is 4.38. The second-order valence-electron chi connectivity index (χ2n) is 4.38. The van der Waals surface area contributed by atoms with Crippen LogP contribution < -0.4 is 10.1 Å². The van der Waals surface area contributed by atoms with Crippen molar-refractivity contribution >= 4 is 11.9 Å². The number of benzene rings is 1. The minimum atomic E-state index is -0.506. The van der Waals surface area contributed by atoms with Gasteiger partial charge in [-0.25, -0.2) is 4.79 Å². The van der Waals surface area contributed by atoms with Crippen molar-refractivity contribution in [1.82, 2.24) is 5.32 Å². The van der Waals surface area contributed by atoms with Crippen LogP contribution in [-0.4, -0.2) is 31.1 Å². The van der Waals surface area contributed by atoms with E-state index in [0.717, 1.165) is 12.8 Å². The van der Waals surface area contributed by atoms with Crippen molar-refractivity contribution in [1.29, 1.82) is 0 Å². The fraction of sp³-hybridized carbons (Fsp3) is 0.429. The number of nitrogens with one attached hydrogen (secondary N) is 1. The van der Waals surface area contributed by atoms with Crippen molar-refractivity contribution in [3.05, 3.63) is 29.8 Å². The third-order valence-corrected chi connectivity index (χ3v) is 2.68. The highest BCUT2D eigenvalue weighted by atomic mass is 16.5. The summed E-state index contributed by atoms with van der Waals surface area (Å²) in [5, 5.41) is 2.75. The van der Waals surface area contributed by atoms with Crippen LogP contribution in [0.2, 0.25) is 0 Å². The topological polar surface area (TPSA) is 64.6 Å². The van der Waals surface area contributed by atoms with Gasteiger partial charge in [0.2, 0.25) is 0 Å². The number of hydrogen-bond acceptors (Lipinski definition) is 4. The van der Waals surface area contributed by atoms with Gasteiger partial charge >= 0.3 is 5.97 Å². The van der Waals surface area contributed by atoms with Crippen molar-refractivity contribution < 1.29 is 19.1 Å². The maximum absolute atomic E-state index is 11.7. The molecule has 1 aromatic rings. The molecule has 1 amide bonds. The molecule has 2 rings (SSSR count). The van der Waals surface area contributed by atoms with Gasteiger partial charge in [0.05, 0.1) is 12.2 Å². The van der Waals surface area contributed by atoms with E-state index in [1.54, 1.807) is 24.3 Å². The summed E-state index contributed by atoms with van der Waals surface area (Å²) in [5.41, 5.74) is 0.405. The van der Waals surface area contributed by atoms with Gasteiger partial charge in [0.15, 0.2) is 6.61 Å². The average molecular weight is 263 g/mol. The van der Waals surface area contributed by atoms with Gasteiger partial charge in [-0.05, 0) is 44.0 Å². The molecule has 1 aliphatic rings. The maximum atomic E-state index is 11.7. The summed E-state index contributed by atoms with van der Waals surface area (Å²) >= 11 is 0. The average Bonchev–Trinajstić information content (AvgIpc) is 3.21. The van der Waals surface area contributed by atoms with Crippen LogP contribution >= 0.6 is 0 Å². The van der Waals surface area contributed by atoms with Crippen LogP contribution in [0.3, 0.4) is 0 Å². The van der Waals surface area contributed by atoms with Gasteiger partial charge in [-0.1, -0.05) is 0 Å². The first-order valence-corrected chi connectivity index (χ1v) is 6.38. The number of amides is 1. The summed E-state index contributed by atoms with van der Waals surface area (Å²) in [6.07, 6.45) is 2.02. The predicted molar refractivity (Wildman–Crippen MR) is 69.1 cm³/mol. The highest BCUT2D eigenvalue weighted by molar-refractivity contribution is 5.91. The van der Waals surface area contributed by atoms with E-state index in [2.05, 4.69) is 5.32 Å². The molecule has 102 valence electrons. The lowest BCUT2D eigenvalue weighted by atomic mass is 10.2. The van der Waals surface area contributed by atoms with Gasteiger partial charge in [-0.3, -0.25) is 4.79 Å². The molecule has 0 bridgehead atoms. The molecule has 1 N–H and O–H groups in total. The van der Waals surface area contributed by atoms with Crippen LogP contribution in [0.25, 0.3) is 0 Å². The highest BCUT2D eigenvalue weighted by Crippen LogP contribution is 2.18. The van der Waals surface area contributed by atoms with Crippen LogP contribution in [0, 0.1) is 0 Å². The standard InChI is InChI=1S/C14H17NO4/c1-2-18-12-7-3-10(4-8-12)14(17)19-9-13(16)15-11-5-6-11/h3-4,7-8,11H,2,5-6,9H2,1H3,(H,15,16). The quantitative estimate of drug-likeness (QED) is 0.790. The fourth-order valence-electron chi connectivity index (χ4n) is 1.57. The lowest BCUT2D eigenvalue weighted by Crippen LogP contribution is -2.30. The fourth-order valence-corrected chi connectivity index (χ4v) is 1.57. The zero-order valence-corrected chi connectivity index (χ0v) is 10.8. The van der Waals surface area contributed by atoms with Crippen molar-refractivity contribution in [2.75, 3.05) is 13.2 Å². The lowest BCUT2D eigenvalue weighted by molar-refractivity contribution is -0.124. The van der Waals surface area contributed by atoms with E-state index in [4.69, 9.17) is 9.47 Å². The zero-order chi connectivity index (χ0) is 13.7. The molecule has 5 nitrogen and oxygen atoms in total. The molecule has 0 aliphatic heterocycles. The zero-order valence-electron chi connectivity index (χ0n) is 10.8. The van der Waals surface area contributed by atoms with E-state index < -0.39 is 5.97 Å².